The van der Waals surface area contributed by atoms with Crippen molar-refractivity contribution in [1.82, 2.24) is 19.3 Å². The van der Waals surface area contributed by atoms with Crippen molar-refractivity contribution in [3.05, 3.63) is 60.3 Å². The minimum Gasteiger partial charge on any atom is -0.244 e. The SMILES string of the molecule is Fc1ccc(C(NSc2ccn3ncnc3c2)C(F)(F)F)cc1. The van der Waals surface area contributed by atoms with Gasteiger partial charge in [-0.2, -0.15) is 18.3 Å². The molecular formula is C14H10F4N4S. The average molecular weight is 342 g/mol. The Labute approximate surface area is 132 Å². The molecule has 4 nitrogen and oxygen atoms in total. The number of hydrogen-bond donors (Lipinski definition) is 1. The number of fused-ring (bicyclic) bond motifs is 1. The first-order chi connectivity index (χ1) is 10.9. The van der Waals surface area contributed by atoms with E-state index in [4.69, 9.17) is 0 Å². The fourth-order valence-electron chi connectivity index (χ4n) is 1.97. The number of rotatable bonds is 4. The fourth-order valence-corrected chi connectivity index (χ4v) is 2.78. The normalized spacial score (nSPS) is 13.4. The maximum Gasteiger partial charge on any atom is 0.408 e. The summed E-state index contributed by atoms with van der Waals surface area (Å²) in [7, 11) is 0. The van der Waals surface area contributed by atoms with Crippen LogP contribution in [0.1, 0.15) is 11.6 Å². The molecule has 0 radical (unpaired) electrons. The largest absolute Gasteiger partial charge is 0.408 e. The highest BCUT2D eigenvalue weighted by molar-refractivity contribution is 7.97. The number of halogens is 4. The van der Waals surface area contributed by atoms with Gasteiger partial charge in [-0.25, -0.2) is 18.6 Å². The van der Waals surface area contributed by atoms with E-state index in [0.717, 1.165) is 36.2 Å². The van der Waals surface area contributed by atoms with Gasteiger partial charge in [0.25, 0.3) is 0 Å². The Morgan fingerprint density at radius 3 is 2.57 bits per heavy atom. The molecule has 0 bridgehead atoms. The van der Waals surface area contributed by atoms with E-state index < -0.39 is 18.0 Å². The smallest absolute Gasteiger partial charge is 0.244 e. The molecule has 0 aliphatic carbocycles. The van der Waals surface area contributed by atoms with E-state index in [2.05, 4.69) is 14.8 Å². The standard InChI is InChI=1S/C14H10F4N4S/c15-10-3-1-9(2-4-10)13(14(16,17)18)21-23-11-5-6-22-12(7-11)19-8-20-22/h1-8,13,21H. The Balaban J connectivity index is 1.79. The van der Waals surface area contributed by atoms with Crippen molar-refractivity contribution >= 4 is 17.6 Å². The summed E-state index contributed by atoms with van der Waals surface area (Å²) in [6.07, 6.45) is -1.55. The molecule has 0 amide bonds. The van der Waals surface area contributed by atoms with Crippen LogP contribution in [-0.2, 0) is 0 Å². The first kappa shape index (κ1) is 15.8. The van der Waals surface area contributed by atoms with Crippen molar-refractivity contribution in [2.75, 3.05) is 0 Å². The van der Waals surface area contributed by atoms with Crippen molar-refractivity contribution in [1.29, 1.82) is 0 Å². The van der Waals surface area contributed by atoms with Crippen LogP contribution in [0.4, 0.5) is 17.6 Å². The Hall–Kier alpha value is -2.13. The van der Waals surface area contributed by atoms with Crippen LogP contribution in [0.5, 0.6) is 0 Å². The van der Waals surface area contributed by atoms with Gasteiger partial charge in [0.15, 0.2) is 5.65 Å². The third-order valence-electron chi connectivity index (χ3n) is 3.08. The van der Waals surface area contributed by atoms with Gasteiger partial charge in [-0.15, -0.1) is 0 Å². The topological polar surface area (TPSA) is 42.2 Å². The summed E-state index contributed by atoms with van der Waals surface area (Å²) < 4.78 is 56.4. The zero-order valence-corrected chi connectivity index (χ0v) is 12.3. The van der Waals surface area contributed by atoms with Crippen LogP contribution in [0.15, 0.2) is 53.8 Å². The highest BCUT2D eigenvalue weighted by Gasteiger charge is 2.40. The van der Waals surface area contributed by atoms with Crippen LogP contribution < -0.4 is 4.72 Å². The molecule has 0 spiro atoms. The summed E-state index contributed by atoms with van der Waals surface area (Å²) in [5.41, 5.74) is 0.470. The van der Waals surface area contributed by atoms with E-state index in [1.807, 2.05) is 0 Å². The molecule has 9 heteroatoms. The van der Waals surface area contributed by atoms with Crippen LogP contribution in [0.25, 0.3) is 5.65 Å². The molecule has 2 aromatic heterocycles. The first-order valence-electron chi connectivity index (χ1n) is 6.47. The minimum absolute atomic E-state index is 0.0602. The van der Waals surface area contributed by atoms with Crippen molar-refractivity contribution in [3.63, 3.8) is 0 Å². The molecule has 0 saturated carbocycles. The summed E-state index contributed by atoms with van der Waals surface area (Å²) in [6.45, 7) is 0. The van der Waals surface area contributed by atoms with Crippen LogP contribution in [0.2, 0.25) is 0 Å². The van der Waals surface area contributed by atoms with Gasteiger partial charge in [-0.1, -0.05) is 12.1 Å². The highest BCUT2D eigenvalue weighted by atomic mass is 32.2. The monoisotopic (exact) mass is 342 g/mol. The van der Waals surface area contributed by atoms with Gasteiger partial charge < -0.3 is 0 Å². The van der Waals surface area contributed by atoms with E-state index in [0.29, 0.717) is 10.5 Å². The number of nitrogens with one attached hydrogen (secondary N) is 1. The zero-order valence-electron chi connectivity index (χ0n) is 11.5. The van der Waals surface area contributed by atoms with Crippen LogP contribution in [0.3, 0.4) is 0 Å². The van der Waals surface area contributed by atoms with Crippen molar-refractivity contribution < 1.29 is 17.6 Å². The summed E-state index contributed by atoms with van der Waals surface area (Å²) in [5, 5.41) is 3.91. The average Bonchev–Trinajstić information content (AvgIpc) is 2.95. The Morgan fingerprint density at radius 1 is 1.13 bits per heavy atom. The molecule has 0 fully saturated rings. The fraction of sp³-hybridized carbons (Fsp3) is 0.143. The molecule has 0 aliphatic heterocycles. The predicted octanol–water partition coefficient (Wildman–Crippen LogP) is 3.77. The lowest BCUT2D eigenvalue weighted by molar-refractivity contribution is -0.152. The highest BCUT2D eigenvalue weighted by Crippen LogP contribution is 2.35. The number of benzene rings is 1. The van der Waals surface area contributed by atoms with Crippen molar-refractivity contribution in [2.24, 2.45) is 0 Å². The molecule has 1 unspecified atom stereocenters. The van der Waals surface area contributed by atoms with Gasteiger partial charge in [-0.3, -0.25) is 0 Å². The summed E-state index contributed by atoms with van der Waals surface area (Å²) in [6, 6.07) is 5.55. The van der Waals surface area contributed by atoms with Gasteiger partial charge >= 0.3 is 6.18 Å². The Bertz CT molecular complexity index is 800. The number of alkyl halides is 3. The molecule has 0 saturated heterocycles. The number of nitrogens with zero attached hydrogens (tertiary/aromatic N) is 3. The first-order valence-corrected chi connectivity index (χ1v) is 7.29. The lowest BCUT2D eigenvalue weighted by Crippen LogP contribution is -2.30. The van der Waals surface area contributed by atoms with Gasteiger partial charge in [0.2, 0.25) is 0 Å². The number of hydrogen-bond acceptors (Lipinski definition) is 4. The summed E-state index contributed by atoms with van der Waals surface area (Å²) in [5.74, 6) is -0.584. The molecule has 3 aromatic rings. The van der Waals surface area contributed by atoms with Crippen LogP contribution in [0, 0.1) is 5.82 Å². The lowest BCUT2D eigenvalue weighted by Gasteiger charge is -2.21. The van der Waals surface area contributed by atoms with E-state index in [-0.39, 0.29) is 5.56 Å². The third-order valence-corrected chi connectivity index (χ3v) is 3.92. The summed E-state index contributed by atoms with van der Waals surface area (Å²) >= 11 is 0.828. The second-order valence-corrected chi connectivity index (χ2v) is 5.58. The van der Waals surface area contributed by atoms with E-state index in [9.17, 15) is 17.6 Å². The van der Waals surface area contributed by atoms with E-state index in [1.54, 1.807) is 18.3 Å². The zero-order chi connectivity index (χ0) is 16.4. The molecule has 23 heavy (non-hydrogen) atoms. The Morgan fingerprint density at radius 2 is 1.87 bits per heavy atom. The van der Waals surface area contributed by atoms with Gasteiger partial charge in [-0.05, 0) is 41.8 Å². The number of pyridine rings is 1. The molecule has 1 aromatic carbocycles. The van der Waals surface area contributed by atoms with Gasteiger partial charge in [0.1, 0.15) is 18.2 Å². The maximum absolute atomic E-state index is 13.2. The van der Waals surface area contributed by atoms with Crippen molar-refractivity contribution in [3.8, 4) is 0 Å². The molecule has 0 aliphatic rings. The quantitative estimate of drug-likeness (QED) is 0.579. The summed E-state index contributed by atoms with van der Waals surface area (Å²) in [4.78, 5) is 4.53. The lowest BCUT2D eigenvalue weighted by atomic mass is 10.1. The second kappa shape index (κ2) is 6.17. The predicted molar refractivity (Wildman–Crippen MR) is 77.2 cm³/mol. The molecular weight excluding hydrogens is 332 g/mol. The molecule has 120 valence electrons. The number of aromatic nitrogens is 3. The molecule has 1 atom stereocenters. The van der Waals surface area contributed by atoms with E-state index in [1.165, 1.54) is 10.8 Å². The Kier molecular flexibility index (Phi) is 4.22. The molecule has 1 N–H and O–H groups in total. The maximum atomic E-state index is 13.2. The molecule has 3 rings (SSSR count). The van der Waals surface area contributed by atoms with E-state index >= 15 is 0 Å². The van der Waals surface area contributed by atoms with Gasteiger partial charge in [0, 0.05) is 11.1 Å². The van der Waals surface area contributed by atoms with Gasteiger partial charge in [0.05, 0.1) is 0 Å². The van der Waals surface area contributed by atoms with Crippen LogP contribution in [-0.4, -0.2) is 20.8 Å². The van der Waals surface area contributed by atoms with Crippen LogP contribution >= 0.6 is 11.9 Å². The molecule has 2 heterocycles. The minimum atomic E-state index is -4.51. The third kappa shape index (κ3) is 3.62. The van der Waals surface area contributed by atoms with Crippen molar-refractivity contribution in [2.45, 2.75) is 17.1 Å². The second-order valence-electron chi connectivity index (χ2n) is 4.67.